The number of phenolic OH excluding ortho intramolecular Hbond substituents is 1. The molecule has 0 saturated carbocycles. The molecule has 1 rings (SSSR count). The van der Waals surface area contributed by atoms with Crippen molar-refractivity contribution in [2.45, 2.75) is 33.6 Å². The highest BCUT2D eigenvalue weighted by atomic mass is 16.3. The molecule has 0 bridgehead atoms. The Kier molecular flexibility index (Phi) is 5.83. The van der Waals surface area contributed by atoms with E-state index in [2.05, 4.69) is 0 Å². The van der Waals surface area contributed by atoms with Crippen LogP contribution in [0.1, 0.15) is 32.3 Å². The molecule has 0 aliphatic heterocycles. The van der Waals surface area contributed by atoms with E-state index in [1.165, 1.54) is 0 Å². The molecule has 0 spiro atoms. The van der Waals surface area contributed by atoms with E-state index in [0.29, 0.717) is 13.1 Å². The fraction of sp³-hybridized carbons (Fsp3) is 0.533. The van der Waals surface area contributed by atoms with Crippen molar-refractivity contribution in [3.63, 3.8) is 0 Å². The van der Waals surface area contributed by atoms with Gasteiger partial charge in [0.15, 0.2) is 0 Å². The van der Waals surface area contributed by atoms with E-state index in [1.54, 1.807) is 17.0 Å². The average molecular weight is 264 g/mol. The Morgan fingerprint density at radius 1 is 1.47 bits per heavy atom. The molecule has 0 aromatic heterocycles. The largest absolute Gasteiger partial charge is 0.508 e. The molecular weight excluding hydrogens is 240 g/mol. The normalized spacial score (nSPS) is 12.2. The number of phenols is 1. The van der Waals surface area contributed by atoms with Crippen molar-refractivity contribution in [2.24, 2.45) is 11.7 Å². The molecule has 0 aliphatic carbocycles. The molecule has 1 aromatic carbocycles. The Labute approximate surface area is 115 Å². The summed E-state index contributed by atoms with van der Waals surface area (Å²) in [5.74, 6) is 0.219. The molecule has 0 heterocycles. The number of aromatic hydroxyl groups is 1. The minimum Gasteiger partial charge on any atom is -0.508 e. The number of carbonyl (C=O) groups is 1. The lowest BCUT2D eigenvalue weighted by molar-refractivity contribution is -0.122. The van der Waals surface area contributed by atoms with E-state index < -0.39 is 0 Å². The maximum absolute atomic E-state index is 12.4. The predicted octanol–water partition coefficient (Wildman–Crippen LogP) is 2.43. The Morgan fingerprint density at radius 2 is 2.16 bits per heavy atom. The van der Waals surface area contributed by atoms with E-state index >= 15 is 0 Å². The van der Waals surface area contributed by atoms with E-state index in [0.717, 1.165) is 24.1 Å². The van der Waals surface area contributed by atoms with Gasteiger partial charge < -0.3 is 15.7 Å². The van der Waals surface area contributed by atoms with Gasteiger partial charge in [-0.25, -0.2) is 0 Å². The zero-order chi connectivity index (χ0) is 14.4. The van der Waals surface area contributed by atoms with Crippen LogP contribution in [-0.2, 0) is 4.79 Å². The zero-order valence-electron chi connectivity index (χ0n) is 12.0. The summed E-state index contributed by atoms with van der Waals surface area (Å²) in [4.78, 5) is 14.2. The Morgan fingerprint density at radius 3 is 2.74 bits per heavy atom. The SMILES string of the molecule is CCN(C(=O)C(C)CCCN)c1cc(O)ccc1C. The van der Waals surface area contributed by atoms with Gasteiger partial charge in [-0.2, -0.15) is 0 Å². The van der Waals surface area contributed by atoms with Gasteiger partial charge in [-0.1, -0.05) is 13.0 Å². The summed E-state index contributed by atoms with van der Waals surface area (Å²) in [5.41, 5.74) is 7.25. The summed E-state index contributed by atoms with van der Waals surface area (Å²) in [6, 6.07) is 5.10. The molecule has 4 heteroatoms. The summed E-state index contributed by atoms with van der Waals surface area (Å²) in [7, 11) is 0. The number of anilines is 1. The third-order valence-corrected chi connectivity index (χ3v) is 3.33. The fourth-order valence-electron chi connectivity index (χ4n) is 2.15. The van der Waals surface area contributed by atoms with Crippen LogP contribution in [0.15, 0.2) is 18.2 Å². The maximum Gasteiger partial charge on any atom is 0.229 e. The molecule has 19 heavy (non-hydrogen) atoms. The minimum atomic E-state index is -0.0507. The van der Waals surface area contributed by atoms with E-state index in [4.69, 9.17) is 5.73 Å². The third kappa shape index (κ3) is 3.96. The van der Waals surface area contributed by atoms with Crippen molar-refractivity contribution in [2.75, 3.05) is 18.0 Å². The van der Waals surface area contributed by atoms with Gasteiger partial charge in [0.25, 0.3) is 0 Å². The van der Waals surface area contributed by atoms with Crippen molar-refractivity contribution in [3.05, 3.63) is 23.8 Å². The summed E-state index contributed by atoms with van der Waals surface area (Å²) in [5, 5.41) is 9.59. The molecule has 3 N–H and O–H groups in total. The Hall–Kier alpha value is -1.55. The molecule has 0 radical (unpaired) electrons. The number of hydrogen-bond donors (Lipinski definition) is 2. The molecule has 0 fully saturated rings. The minimum absolute atomic E-state index is 0.0507. The number of amides is 1. The highest BCUT2D eigenvalue weighted by Gasteiger charge is 2.21. The van der Waals surface area contributed by atoms with Crippen LogP contribution in [0.25, 0.3) is 0 Å². The molecule has 1 aromatic rings. The van der Waals surface area contributed by atoms with Gasteiger partial charge in [0.2, 0.25) is 5.91 Å². The number of rotatable bonds is 6. The topological polar surface area (TPSA) is 66.6 Å². The van der Waals surface area contributed by atoms with E-state index in [-0.39, 0.29) is 17.6 Å². The van der Waals surface area contributed by atoms with Crippen LogP contribution in [0.5, 0.6) is 5.75 Å². The van der Waals surface area contributed by atoms with E-state index in [1.807, 2.05) is 26.8 Å². The molecule has 0 saturated heterocycles. The number of hydrogen-bond acceptors (Lipinski definition) is 3. The van der Waals surface area contributed by atoms with E-state index in [9.17, 15) is 9.90 Å². The highest BCUT2D eigenvalue weighted by molar-refractivity contribution is 5.95. The summed E-state index contributed by atoms with van der Waals surface area (Å²) in [6.45, 7) is 7.01. The summed E-state index contributed by atoms with van der Waals surface area (Å²) in [6.07, 6.45) is 1.65. The first-order chi connectivity index (χ1) is 9.01. The van der Waals surface area contributed by atoms with Crippen molar-refractivity contribution >= 4 is 11.6 Å². The summed E-state index contributed by atoms with van der Waals surface area (Å²) >= 11 is 0. The molecule has 1 amide bonds. The second-order valence-electron chi connectivity index (χ2n) is 4.89. The lowest BCUT2D eigenvalue weighted by Crippen LogP contribution is -2.35. The van der Waals surface area contributed by atoms with Crippen LogP contribution in [0.4, 0.5) is 5.69 Å². The first kappa shape index (κ1) is 15.5. The number of nitrogens with two attached hydrogens (primary N) is 1. The fourth-order valence-corrected chi connectivity index (χ4v) is 2.15. The number of aryl methyl sites for hydroxylation is 1. The van der Waals surface area contributed by atoms with Crippen LogP contribution in [0, 0.1) is 12.8 Å². The van der Waals surface area contributed by atoms with Gasteiger partial charge in [-0.05, 0) is 44.9 Å². The summed E-state index contributed by atoms with van der Waals surface area (Å²) < 4.78 is 0. The first-order valence-electron chi connectivity index (χ1n) is 6.82. The van der Waals surface area contributed by atoms with Gasteiger partial charge in [0, 0.05) is 18.5 Å². The average Bonchev–Trinajstić information content (AvgIpc) is 2.40. The number of benzene rings is 1. The van der Waals surface area contributed by atoms with Gasteiger partial charge in [0.05, 0.1) is 5.69 Å². The molecule has 106 valence electrons. The molecule has 1 unspecified atom stereocenters. The second-order valence-corrected chi connectivity index (χ2v) is 4.89. The van der Waals surface area contributed by atoms with Crippen LogP contribution >= 0.6 is 0 Å². The Bertz CT molecular complexity index is 432. The lowest BCUT2D eigenvalue weighted by Gasteiger charge is -2.26. The molecule has 4 nitrogen and oxygen atoms in total. The van der Waals surface area contributed by atoms with Crippen LogP contribution < -0.4 is 10.6 Å². The van der Waals surface area contributed by atoms with Crippen molar-refractivity contribution in [1.82, 2.24) is 0 Å². The molecular formula is C15H24N2O2. The second kappa shape index (κ2) is 7.14. The molecule has 1 atom stereocenters. The molecule has 0 aliphatic rings. The highest BCUT2D eigenvalue weighted by Crippen LogP contribution is 2.26. The van der Waals surface area contributed by atoms with Crippen LogP contribution in [-0.4, -0.2) is 24.1 Å². The number of nitrogens with zero attached hydrogens (tertiary/aromatic N) is 1. The first-order valence-corrected chi connectivity index (χ1v) is 6.82. The van der Waals surface area contributed by atoms with Gasteiger partial charge in [-0.15, -0.1) is 0 Å². The standard InChI is InChI=1S/C15H24N2O2/c1-4-17(15(19)12(3)6-5-9-16)14-10-13(18)8-7-11(14)2/h7-8,10,12,18H,4-6,9,16H2,1-3H3. The van der Waals surface area contributed by atoms with Crippen LogP contribution in [0.3, 0.4) is 0 Å². The van der Waals surface area contributed by atoms with Gasteiger partial charge in [-0.3, -0.25) is 4.79 Å². The van der Waals surface area contributed by atoms with Crippen molar-refractivity contribution in [3.8, 4) is 5.75 Å². The maximum atomic E-state index is 12.4. The monoisotopic (exact) mass is 264 g/mol. The number of carbonyl (C=O) groups excluding carboxylic acids is 1. The van der Waals surface area contributed by atoms with Gasteiger partial charge >= 0.3 is 0 Å². The van der Waals surface area contributed by atoms with Gasteiger partial charge in [0.1, 0.15) is 5.75 Å². The van der Waals surface area contributed by atoms with Crippen molar-refractivity contribution < 1.29 is 9.90 Å². The zero-order valence-corrected chi connectivity index (χ0v) is 12.0. The Balaban J connectivity index is 2.93. The van der Waals surface area contributed by atoms with Crippen LogP contribution in [0.2, 0.25) is 0 Å². The predicted molar refractivity (Wildman–Crippen MR) is 78.3 cm³/mol. The van der Waals surface area contributed by atoms with Crippen molar-refractivity contribution in [1.29, 1.82) is 0 Å². The quantitative estimate of drug-likeness (QED) is 0.829. The lowest BCUT2D eigenvalue weighted by atomic mass is 10.0. The third-order valence-electron chi connectivity index (χ3n) is 3.33. The smallest absolute Gasteiger partial charge is 0.229 e.